The molecule has 0 aliphatic heterocycles. The first-order valence-electron chi connectivity index (χ1n) is 6.91. The number of hydrogen-bond acceptors (Lipinski definition) is 3. The lowest BCUT2D eigenvalue weighted by atomic mass is 9.81. The molecule has 19 heavy (non-hydrogen) atoms. The van der Waals surface area contributed by atoms with E-state index >= 15 is 0 Å². The maximum Gasteiger partial charge on any atom is 0.137 e. The minimum absolute atomic E-state index is 0.117. The fourth-order valence-electron chi connectivity index (χ4n) is 2.65. The van der Waals surface area contributed by atoms with Crippen LogP contribution in [-0.4, -0.2) is 24.8 Å². The summed E-state index contributed by atoms with van der Waals surface area (Å²) in [5.74, 6) is 0.566. The molecular formula is C16H24O3. The third-order valence-corrected chi connectivity index (χ3v) is 3.79. The largest absolute Gasteiger partial charge is 0.380 e. The first kappa shape index (κ1) is 15.8. The van der Waals surface area contributed by atoms with Crippen LogP contribution < -0.4 is 0 Å². The van der Waals surface area contributed by atoms with Crippen LogP contribution in [0.3, 0.4) is 0 Å². The van der Waals surface area contributed by atoms with Crippen molar-refractivity contribution < 1.29 is 14.3 Å². The van der Waals surface area contributed by atoms with Crippen molar-refractivity contribution in [1.82, 2.24) is 0 Å². The van der Waals surface area contributed by atoms with Gasteiger partial charge in [0.1, 0.15) is 11.6 Å². The molecule has 0 N–H and O–H groups in total. The molecule has 0 fully saturated rings. The Labute approximate surface area is 115 Å². The second kappa shape index (κ2) is 7.39. The Kier molecular flexibility index (Phi) is 6.16. The number of carbonyl (C=O) groups excluding carboxylic acids is 2. The molecular weight excluding hydrogens is 240 g/mol. The van der Waals surface area contributed by atoms with E-state index in [2.05, 4.69) is 13.5 Å². The summed E-state index contributed by atoms with van der Waals surface area (Å²) >= 11 is 0. The zero-order valence-electron chi connectivity index (χ0n) is 12.2. The first-order valence-corrected chi connectivity index (χ1v) is 6.91. The summed E-state index contributed by atoms with van der Waals surface area (Å²) in [4.78, 5) is 22.6. The monoisotopic (exact) mass is 264 g/mol. The van der Waals surface area contributed by atoms with Gasteiger partial charge < -0.3 is 4.74 Å². The van der Waals surface area contributed by atoms with Crippen molar-refractivity contribution in [2.45, 2.75) is 52.1 Å². The average Bonchev–Trinajstić information content (AvgIpc) is 2.38. The van der Waals surface area contributed by atoms with E-state index in [4.69, 9.17) is 4.74 Å². The van der Waals surface area contributed by atoms with Gasteiger partial charge in [-0.25, -0.2) is 0 Å². The highest BCUT2D eigenvalue weighted by molar-refractivity contribution is 5.82. The molecule has 0 bridgehead atoms. The van der Waals surface area contributed by atoms with Gasteiger partial charge >= 0.3 is 0 Å². The van der Waals surface area contributed by atoms with Crippen molar-refractivity contribution in [3.63, 3.8) is 0 Å². The van der Waals surface area contributed by atoms with Crippen LogP contribution in [0.1, 0.15) is 46.0 Å². The lowest BCUT2D eigenvalue weighted by Crippen LogP contribution is -2.27. The Hall–Kier alpha value is -1.22. The van der Waals surface area contributed by atoms with Gasteiger partial charge in [-0.2, -0.15) is 0 Å². The summed E-state index contributed by atoms with van der Waals surface area (Å²) in [7, 11) is 1.64. The van der Waals surface area contributed by atoms with Crippen molar-refractivity contribution in [2.24, 2.45) is 5.92 Å². The molecule has 1 aliphatic carbocycles. The van der Waals surface area contributed by atoms with Gasteiger partial charge in [-0.3, -0.25) is 9.59 Å². The minimum atomic E-state index is -0.117. The summed E-state index contributed by atoms with van der Waals surface area (Å²) in [5.41, 5.74) is 2.19. The molecule has 0 aromatic heterocycles. The van der Waals surface area contributed by atoms with Crippen molar-refractivity contribution in [1.29, 1.82) is 0 Å². The molecule has 106 valence electrons. The third kappa shape index (κ3) is 4.43. The molecule has 2 atom stereocenters. The second-order valence-electron chi connectivity index (χ2n) is 5.19. The smallest absolute Gasteiger partial charge is 0.137 e. The van der Waals surface area contributed by atoms with Crippen LogP contribution in [0.5, 0.6) is 0 Å². The second-order valence-corrected chi connectivity index (χ2v) is 5.19. The molecule has 3 nitrogen and oxygen atoms in total. The zero-order valence-corrected chi connectivity index (χ0v) is 12.2. The van der Waals surface area contributed by atoms with E-state index in [0.717, 1.165) is 24.0 Å². The number of ketones is 2. The average molecular weight is 264 g/mol. The Bertz CT molecular complexity index is 393. The molecule has 1 rings (SSSR count). The SMILES string of the molecule is C=C(C1=CCC(=O)CC1)C(CC)C(CC(C)=O)OC. The van der Waals surface area contributed by atoms with Crippen LogP contribution in [0.2, 0.25) is 0 Å². The molecule has 0 aromatic carbocycles. The van der Waals surface area contributed by atoms with E-state index in [0.29, 0.717) is 19.3 Å². The van der Waals surface area contributed by atoms with E-state index in [9.17, 15) is 9.59 Å². The van der Waals surface area contributed by atoms with Gasteiger partial charge in [0.25, 0.3) is 0 Å². The van der Waals surface area contributed by atoms with Crippen molar-refractivity contribution in [3.05, 3.63) is 23.8 Å². The maximum atomic E-state index is 11.3. The lowest BCUT2D eigenvalue weighted by Gasteiger charge is -2.28. The van der Waals surface area contributed by atoms with Gasteiger partial charge in [-0.1, -0.05) is 19.6 Å². The van der Waals surface area contributed by atoms with Crippen LogP contribution in [0, 0.1) is 5.92 Å². The van der Waals surface area contributed by atoms with E-state index < -0.39 is 0 Å². The fraction of sp³-hybridized carbons (Fsp3) is 0.625. The predicted octanol–water partition coefficient (Wildman–Crippen LogP) is 3.24. The summed E-state index contributed by atoms with van der Waals surface area (Å²) in [6.45, 7) is 7.84. The number of hydrogen-bond donors (Lipinski definition) is 0. The van der Waals surface area contributed by atoms with Crippen molar-refractivity contribution in [2.75, 3.05) is 7.11 Å². The van der Waals surface area contributed by atoms with Crippen molar-refractivity contribution >= 4 is 11.6 Å². The molecule has 0 saturated heterocycles. The highest BCUT2D eigenvalue weighted by Crippen LogP contribution is 2.32. The van der Waals surface area contributed by atoms with Crippen LogP contribution >= 0.6 is 0 Å². The Balaban J connectivity index is 2.80. The van der Waals surface area contributed by atoms with E-state index in [-0.39, 0.29) is 23.6 Å². The highest BCUT2D eigenvalue weighted by atomic mass is 16.5. The Morgan fingerprint density at radius 2 is 2.16 bits per heavy atom. The fourth-order valence-corrected chi connectivity index (χ4v) is 2.65. The molecule has 0 spiro atoms. The standard InChI is InChI=1S/C16H24O3/c1-5-15(16(19-4)10-11(2)17)12(3)13-6-8-14(18)9-7-13/h6,15-16H,3,5,7-10H2,1-2,4H3. The summed E-state index contributed by atoms with van der Waals surface area (Å²) in [6.07, 6.45) is 5.05. The number of Topliss-reactive ketones (excluding diaryl/α,β-unsaturated/α-hetero) is 2. The van der Waals surface area contributed by atoms with Crippen LogP contribution in [-0.2, 0) is 14.3 Å². The number of carbonyl (C=O) groups is 2. The summed E-state index contributed by atoms with van der Waals surface area (Å²) in [5, 5.41) is 0. The highest BCUT2D eigenvalue weighted by Gasteiger charge is 2.26. The molecule has 2 unspecified atom stereocenters. The Morgan fingerprint density at radius 3 is 2.58 bits per heavy atom. The molecule has 0 radical (unpaired) electrons. The van der Waals surface area contributed by atoms with Crippen molar-refractivity contribution in [3.8, 4) is 0 Å². The van der Waals surface area contributed by atoms with Gasteiger partial charge in [0, 0.05) is 32.3 Å². The van der Waals surface area contributed by atoms with Gasteiger partial charge in [0.2, 0.25) is 0 Å². The van der Waals surface area contributed by atoms with Crippen LogP contribution in [0.25, 0.3) is 0 Å². The van der Waals surface area contributed by atoms with E-state index in [1.807, 2.05) is 6.08 Å². The molecule has 3 heteroatoms. The summed E-state index contributed by atoms with van der Waals surface area (Å²) < 4.78 is 5.47. The number of rotatable bonds is 7. The van der Waals surface area contributed by atoms with Crippen LogP contribution in [0.4, 0.5) is 0 Å². The van der Waals surface area contributed by atoms with Crippen LogP contribution in [0.15, 0.2) is 23.8 Å². The molecule has 0 heterocycles. The number of ether oxygens (including phenoxy) is 1. The van der Waals surface area contributed by atoms with Gasteiger partial charge in [-0.15, -0.1) is 0 Å². The lowest BCUT2D eigenvalue weighted by molar-refractivity contribution is -0.120. The molecule has 1 aliphatic rings. The summed E-state index contributed by atoms with van der Waals surface area (Å²) in [6, 6.07) is 0. The molecule has 0 aromatic rings. The number of methoxy groups -OCH3 is 1. The third-order valence-electron chi connectivity index (χ3n) is 3.79. The minimum Gasteiger partial charge on any atom is -0.380 e. The van der Waals surface area contributed by atoms with Gasteiger partial charge in [0.05, 0.1) is 6.10 Å². The zero-order chi connectivity index (χ0) is 14.4. The number of allylic oxidation sites excluding steroid dienone is 2. The van der Waals surface area contributed by atoms with E-state index in [1.54, 1.807) is 14.0 Å². The molecule has 0 saturated carbocycles. The quantitative estimate of drug-likeness (QED) is 0.709. The maximum absolute atomic E-state index is 11.3. The van der Waals surface area contributed by atoms with Gasteiger partial charge in [0.15, 0.2) is 0 Å². The predicted molar refractivity (Wildman–Crippen MR) is 76.0 cm³/mol. The van der Waals surface area contributed by atoms with E-state index in [1.165, 1.54) is 0 Å². The Morgan fingerprint density at radius 1 is 1.47 bits per heavy atom. The normalized spacial score (nSPS) is 18.7. The topological polar surface area (TPSA) is 43.4 Å². The van der Waals surface area contributed by atoms with Gasteiger partial charge in [-0.05, 0) is 30.9 Å². The molecule has 0 amide bonds. The first-order chi connectivity index (χ1) is 8.99.